The van der Waals surface area contributed by atoms with Gasteiger partial charge in [0.2, 0.25) is 0 Å². The van der Waals surface area contributed by atoms with E-state index in [1.54, 1.807) is 4.90 Å². The molecular weight excluding hydrogens is 320 g/mol. The van der Waals surface area contributed by atoms with Crippen LogP contribution in [0, 0.1) is 11.3 Å². The normalized spacial score (nSPS) is 17.2. The van der Waals surface area contributed by atoms with E-state index < -0.39 is 5.97 Å². The number of carboxylic acids is 1. The number of aromatic nitrogens is 3. The number of amides is 1. The quantitative estimate of drug-likeness (QED) is 0.924. The van der Waals surface area contributed by atoms with Crippen LogP contribution in [-0.2, 0) is 17.8 Å². The van der Waals surface area contributed by atoms with Crippen LogP contribution in [0.5, 0.6) is 0 Å². The molecule has 1 N–H and O–H groups in total. The molecule has 0 fully saturated rings. The van der Waals surface area contributed by atoms with Gasteiger partial charge in [-0.3, -0.25) is 9.59 Å². The number of carboxylic acid groups (broad SMARTS) is 1. The van der Waals surface area contributed by atoms with Crippen LogP contribution >= 0.6 is 0 Å². The largest absolute Gasteiger partial charge is 0.480 e. The lowest BCUT2D eigenvalue weighted by atomic mass is 9.75. The van der Waals surface area contributed by atoms with Crippen LogP contribution in [0.25, 0.3) is 0 Å². The van der Waals surface area contributed by atoms with E-state index in [2.05, 4.69) is 37.1 Å². The predicted octanol–water partition coefficient (Wildman–Crippen LogP) is 2.23. The van der Waals surface area contributed by atoms with Gasteiger partial charge in [-0.25, -0.2) is 4.68 Å². The van der Waals surface area contributed by atoms with Crippen LogP contribution in [0.1, 0.15) is 36.8 Å². The number of hydrogen-bond acceptors (Lipinski definition) is 4. The summed E-state index contributed by atoms with van der Waals surface area (Å²) in [6.07, 6.45) is 2.31. The molecule has 7 heteroatoms. The zero-order valence-corrected chi connectivity index (χ0v) is 14.6. The number of carbonyl (C=O) groups is 2. The van der Waals surface area contributed by atoms with Crippen molar-refractivity contribution in [1.82, 2.24) is 15.0 Å². The summed E-state index contributed by atoms with van der Waals surface area (Å²) in [5.74, 6) is -0.960. The third-order valence-corrected chi connectivity index (χ3v) is 4.68. The summed E-state index contributed by atoms with van der Waals surface area (Å²) in [5, 5.41) is 16.4. The second-order valence-corrected chi connectivity index (χ2v) is 7.51. The van der Waals surface area contributed by atoms with Crippen LogP contribution in [0.15, 0.2) is 30.5 Å². The molecule has 1 atom stereocenters. The van der Waals surface area contributed by atoms with Crippen molar-refractivity contribution in [2.24, 2.45) is 11.3 Å². The van der Waals surface area contributed by atoms with E-state index in [1.807, 2.05) is 18.2 Å². The van der Waals surface area contributed by atoms with Crippen LogP contribution in [-0.4, -0.2) is 38.5 Å². The minimum absolute atomic E-state index is 0.0625. The van der Waals surface area contributed by atoms with E-state index in [9.17, 15) is 9.59 Å². The van der Waals surface area contributed by atoms with Gasteiger partial charge in [0.15, 0.2) is 5.69 Å². The van der Waals surface area contributed by atoms with Crippen molar-refractivity contribution in [1.29, 1.82) is 0 Å². The van der Waals surface area contributed by atoms with Crippen molar-refractivity contribution >= 4 is 17.6 Å². The summed E-state index contributed by atoms with van der Waals surface area (Å²) < 4.78 is 1.16. The van der Waals surface area contributed by atoms with E-state index in [0.717, 1.165) is 22.4 Å². The number of aliphatic carboxylic acids is 1. The lowest BCUT2D eigenvalue weighted by Gasteiger charge is -2.40. The first-order chi connectivity index (χ1) is 11.8. The fourth-order valence-electron chi connectivity index (χ4n) is 3.12. The Morgan fingerprint density at radius 1 is 1.28 bits per heavy atom. The molecule has 0 spiro atoms. The molecule has 0 radical (unpaired) electrons. The van der Waals surface area contributed by atoms with Gasteiger partial charge in [0, 0.05) is 12.2 Å². The van der Waals surface area contributed by atoms with E-state index >= 15 is 0 Å². The van der Waals surface area contributed by atoms with Crippen LogP contribution in [0.2, 0.25) is 0 Å². The summed E-state index contributed by atoms with van der Waals surface area (Å²) in [6, 6.07) is 7.88. The fraction of sp³-hybridized carbons (Fsp3) is 0.444. The Morgan fingerprint density at radius 3 is 2.68 bits per heavy atom. The number of anilines is 1. The molecule has 0 aliphatic carbocycles. The highest BCUT2D eigenvalue weighted by atomic mass is 16.4. The molecule has 1 unspecified atom stereocenters. The van der Waals surface area contributed by atoms with Gasteiger partial charge >= 0.3 is 5.97 Å². The summed E-state index contributed by atoms with van der Waals surface area (Å²) in [4.78, 5) is 25.5. The van der Waals surface area contributed by atoms with Crippen molar-refractivity contribution in [2.75, 3.05) is 11.4 Å². The number of fused-ring (bicyclic) bond motifs is 1. The maximum absolute atomic E-state index is 13.0. The molecule has 0 bridgehead atoms. The molecule has 2 aromatic rings. The summed E-state index contributed by atoms with van der Waals surface area (Å²) in [7, 11) is 0. The Kier molecular flexibility index (Phi) is 4.32. The standard InChI is InChI=1S/C18H22N4O3/c1-18(2,3)13-8-12-6-4-5-7-15(12)22(9-13)17(25)14-10-21(20-19-14)11-16(23)24/h4-7,10,13H,8-9,11H2,1-3H3,(H,23,24). The number of para-hydroxylation sites is 1. The zero-order valence-electron chi connectivity index (χ0n) is 14.6. The third-order valence-electron chi connectivity index (χ3n) is 4.68. The van der Waals surface area contributed by atoms with E-state index in [1.165, 1.54) is 6.20 Å². The Balaban J connectivity index is 1.92. The van der Waals surface area contributed by atoms with E-state index in [0.29, 0.717) is 12.5 Å². The minimum atomic E-state index is -1.03. The van der Waals surface area contributed by atoms with Crippen molar-refractivity contribution in [2.45, 2.75) is 33.7 Å². The van der Waals surface area contributed by atoms with Crippen molar-refractivity contribution in [3.63, 3.8) is 0 Å². The van der Waals surface area contributed by atoms with Crippen LogP contribution < -0.4 is 4.90 Å². The monoisotopic (exact) mass is 342 g/mol. The number of benzene rings is 1. The molecule has 7 nitrogen and oxygen atoms in total. The van der Waals surface area contributed by atoms with Gasteiger partial charge in [0.25, 0.3) is 5.91 Å². The van der Waals surface area contributed by atoms with Gasteiger partial charge in [0.1, 0.15) is 6.54 Å². The first kappa shape index (κ1) is 17.1. The smallest absolute Gasteiger partial charge is 0.325 e. The Bertz CT molecular complexity index is 807. The fourth-order valence-corrected chi connectivity index (χ4v) is 3.12. The molecule has 25 heavy (non-hydrogen) atoms. The topological polar surface area (TPSA) is 88.3 Å². The maximum Gasteiger partial charge on any atom is 0.325 e. The molecule has 0 saturated heterocycles. The molecule has 1 aliphatic rings. The van der Waals surface area contributed by atoms with Gasteiger partial charge in [-0.2, -0.15) is 0 Å². The highest BCUT2D eigenvalue weighted by Crippen LogP contribution is 2.38. The summed E-state index contributed by atoms with van der Waals surface area (Å²) in [5.41, 5.74) is 2.25. The average Bonchev–Trinajstić information content (AvgIpc) is 3.00. The molecule has 3 rings (SSSR count). The summed E-state index contributed by atoms with van der Waals surface area (Å²) in [6.45, 7) is 6.82. The molecular formula is C18H22N4O3. The Morgan fingerprint density at radius 2 is 2.00 bits per heavy atom. The zero-order chi connectivity index (χ0) is 18.2. The summed E-state index contributed by atoms with van der Waals surface area (Å²) >= 11 is 0. The number of carbonyl (C=O) groups excluding carboxylic acids is 1. The average molecular weight is 342 g/mol. The highest BCUT2D eigenvalue weighted by Gasteiger charge is 2.35. The molecule has 1 amide bonds. The molecule has 1 aromatic carbocycles. The first-order valence-corrected chi connectivity index (χ1v) is 8.27. The lowest BCUT2D eigenvalue weighted by Crippen LogP contribution is -2.44. The van der Waals surface area contributed by atoms with Crippen molar-refractivity contribution in [3.8, 4) is 0 Å². The Hall–Kier alpha value is -2.70. The van der Waals surface area contributed by atoms with Gasteiger partial charge in [-0.15, -0.1) is 5.10 Å². The number of nitrogens with zero attached hydrogens (tertiary/aromatic N) is 4. The second-order valence-electron chi connectivity index (χ2n) is 7.51. The van der Waals surface area contributed by atoms with Crippen molar-refractivity contribution in [3.05, 3.63) is 41.7 Å². The van der Waals surface area contributed by atoms with Crippen LogP contribution in [0.3, 0.4) is 0 Å². The van der Waals surface area contributed by atoms with Crippen LogP contribution in [0.4, 0.5) is 5.69 Å². The van der Waals surface area contributed by atoms with Gasteiger partial charge in [-0.05, 0) is 29.4 Å². The second kappa shape index (κ2) is 6.31. The third kappa shape index (κ3) is 3.55. The van der Waals surface area contributed by atoms with E-state index in [-0.39, 0.29) is 23.6 Å². The van der Waals surface area contributed by atoms with Gasteiger partial charge in [-0.1, -0.05) is 44.2 Å². The van der Waals surface area contributed by atoms with Crippen molar-refractivity contribution < 1.29 is 14.7 Å². The SMILES string of the molecule is CC(C)(C)C1Cc2ccccc2N(C(=O)c2cn(CC(=O)O)nn2)C1. The molecule has 1 aromatic heterocycles. The molecule has 0 saturated carbocycles. The molecule has 1 aliphatic heterocycles. The maximum atomic E-state index is 13.0. The number of rotatable bonds is 3. The minimum Gasteiger partial charge on any atom is -0.480 e. The number of hydrogen-bond donors (Lipinski definition) is 1. The first-order valence-electron chi connectivity index (χ1n) is 8.27. The van der Waals surface area contributed by atoms with Gasteiger partial charge in [0.05, 0.1) is 6.20 Å². The molecule has 2 heterocycles. The Labute approximate surface area is 146 Å². The van der Waals surface area contributed by atoms with E-state index in [4.69, 9.17) is 5.11 Å². The highest BCUT2D eigenvalue weighted by molar-refractivity contribution is 6.05. The lowest BCUT2D eigenvalue weighted by molar-refractivity contribution is -0.137. The predicted molar refractivity (Wildman–Crippen MR) is 92.4 cm³/mol. The molecule has 132 valence electrons. The van der Waals surface area contributed by atoms with Gasteiger partial charge < -0.3 is 10.0 Å².